The van der Waals surface area contributed by atoms with Gasteiger partial charge in [0.15, 0.2) is 0 Å². The minimum atomic E-state index is -0.634. The van der Waals surface area contributed by atoms with E-state index in [9.17, 15) is 15.0 Å². The standard InChI is InChI=1S/C34H40O3.C34H42O.CO2/c1-5-34(6-2,30-14-13-28(25(3)21-30)17-20-33(36)18-7-8-19-33)31-15-16-32(26(4)22-31)29-11-9-27(10-12-29)23-37-24-35;1-6-27-11-13-29(14-12-27)32-18-17-31(24-26(32)5)34(7-2,8-3)30-16-15-28(25(4)23-30)19-22-33(35)20-9-10-21-33;2-1-3/h9-17,20-22,24,36H,5-8,18-19,23H2,1-4H3;11-19,22-24,35H,6-10,20-21H2,1-5H3;/b20-17+;22-19+;. The van der Waals surface area contributed by atoms with Crippen molar-refractivity contribution in [3.05, 3.63) is 200 Å². The topological polar surface area (TPSA) is 101 Å². The Kier molecular flexibility index (Phi) is 20.3. The predicted octanol–water partition coefficient (Wildman–Crippen LogP) is 16.4. The molecule has 0 amide bonds. The van der Waals surface area contributed by atoms with Crippen LogP contribution in [0.4, 0.5) is 0 Å². The number of hydrogen-bond acceptors (Lipinski definition) is 6. The van der Waals surface area contributed by atoms with Crippen molar-refractivity contribution < 1.29 is 29.3 Å². The number of carbonyl (C=O) groups excluding carboxylic acids is 3. The highest BCUT2D eigenvalue weighted by atomic mass is 16.5. The third kappa shape index (κ3) is 13.7. The molecule has 2 fully saturated rings. The second-order valence-corrected chi connectivity index (χ2v) is 21.3. The summed E-state index contributed by atoms with van der Waals surface area (Å²) in [4.78, 5) is 26.7. The Bertz CT molecular complexity index is 2910. The number of ether oxygens (including phenoxy) is 1. The lowest BCUT2D eigenvalue weighted by molar-refractivity contribution is -0.191. The minimum absolute atomic E-state index is 0.00792. The maximum absolute atomic E-state index is 10.7. The largest absolute Gasteiger partial charge is 0.463 e. The van der Waals surface area contributed by atoms with E-state index in [0.717, 1.165) is 94.6 Å². The van der Waals surface area contributed by atoms with Gasteiger partial charge in [0.25, 0.3) is 6.47 Å². The molecule has 0 unspecified atom stereocenters. The highest BCUT2D eigenvalue weighted by molar-refractivity contribution is 5.70. The molecule has 0 spiro atoms. The second kappa shape index (κ2) is 26.4. The van der Waals surface area contributed by atoms with E-state index in [-0.39, 0.29) is 17.0 Å². The zero-order chi connectivity index (χ0) is 54.2. The molecule has 2 saturated carbocycles. The Morgan fingerprint density at radius 2 is 0.827 bits per heavy atom. The van der Waals surface area contributed by atoms with Crippen molar-refractivity contribution in [1.82, 2.24) is 0 Å². The second-order valence-electron chi connectivity index (χ2n) is 21.3. The molecule has 394 valence electrons. The number of hydrogen-bond donors (Lipinski definition) is 2. The molecular formula is C69H82O6. The van der Waals surface area contributed by atoms with Crippen molar-refractivity contribution in [2.24, 2.45) is 0 Å². The van der Waals surface area contributed by atoms with Gasteiger partial charge in [-0.25, -0.2) is 0 Å². The number of benzene rings is 6. The molecule has 0 saturated heterocycles. The number of rotatable bonds is 18. The molecule has 6 heteroatoms. The first-order valence-corrected chi connectivity index (χ1v) is 27.6. The lowest BCUT2D eigenvalue weighted by Crippen LogP contribution is -2.26. The van der Waals surface area contributed by atoms with Crippen LogP contribution in [0.15, 0.2) is 133 Å². The van der Waals surface area contributed by atoms with Crippen LogP contribution in [0.1, 0.15) is 178 Å². The average molecular weight is 1010 g/mol. The lowest BCUT2D eigenvalue weighted by Gasteiger charge is -2.34. The van der Waals surface area contributed by atoms with Gasteiger partial charge in [0, 0.05) is 10.8 Å². The van der Waals surface area contributed by atoms with E-state index in [1.165, 1.54) is 77.9 Å². The van der Waals surface area contributed by atoms with Crippen LogP contribution < -0.4 is 0 Å². The summed E-state index contributed by atoms with van der Waals surface area (Å²) in [6.07, 6.45) is 21.7. The molecule has 2 N–H and O–H groups in total. The monoisotopic (exact) mass is 1010 g/mol. The van der Waals surface area contributed by atoms with Gasteiger partial charge in [0.2, 0.25) is 0 Å². The Hall–Kier alpha value is -6.43. The summed E-state index contributed by atoms with van der Waals surface area (Å²) in [6, 6.07) is 44.9. The third-order valence-electron chi connectivity index (χ3n) is 17.0. The van der Waals surface area contributed by atoms with Crippen molar-refractivity contribution in [3.8, 4) is 22.3 Å². The number of carbonyl (C=O) groups is 1. The van der Waals surface area contributed by atoms with Gasteiger partial charge in [0.1, 0.15) is 6.61 Å². The van der Waals surface area contributed by atoms with Crippen molar-refractivity contribution >= 4 is 24.8 Å². The first-order valence-electron chi connectivity index (χ1n) is 27.6. The highest BCUT2D eigenvalue weighted by Crippen LogP contribution is 2.43. The summed E-state index contributed by atoms with van der Waals surface area (Å²) in [5, 5.41) is 21.4. The van der Waals surface area contributed by atoms with Gasteiger partial charge in [-0.1, -0.05) is 206 Å². The van der Waals surface area contributed by atoms with Crippen LogP contribution >= 0.6 is 0 Å². The number of aryl methyl sites for hydroxylation is 5. The van der Waals surface area contributed by atoms with Gasteiger partial charge in [-0.15, -0.1) is 0 Å². The summed E-state index contributed by atoms with van der Waals surface area (Å²) in [7, 11) is 0. The molecule has 0 bridgehead atoms. The maximum Gasteiger partial charge on any atom is 0.373 e. The van der Waals surface area contributed by atoms with Crippen LogP contribution in [0.5, 0.6) is 0 Å². The van der Waals surface area contributed by atoms with Crippen molar-refractivity contribution in [1.29, 1.82) is 0 Å². The smallest absolute Gasteiger partial charge is 0.373 e. The van der Waals surface area contributed by atoms with E-state index in [4.69, 9.17) is 14.3 Å². The summed E-state index contributed by atoms with van der Waals surface area (Å²) < 4.78 is 4.87. The molecule has 0 radical (unpaired) electrons. The fourth-order valence-electron chi connectivity index (χ4n) is 12.0. The van der Waals surface area contributed by atoms with Crippen LogP contribution in [0.3, 0.4) is 0 Å². The lowest BCUT2D eigenvalue weighted by atomic mass is 9.69. The fraction of sp³-hybridized carbons (Fsp3) is 0.391. The summed E-state index contributed by atoms with van der Waals surface area (Å²) in [5.74, 6) is 0. The van der Waals surface area contributed by atoms with Crippen LogP contribution in [0, 0.1) is 27.7 Å². The Labute approximate surface area is 449 Å². The summed E-state index contributed by atoms with van der Waals surface area (Å²) in [6.45, 7) is 21.0. The molecule has 2 aliphatic rings. The first kappa shape index (κ1) is 57.8. The summed E-state index contributed by atoms with van der Waals surface area (Å²) >= 11 is 0. The van der Waals surface area contributed by atoms with E-state index in [0.29, 0.717) is 13.1 Å². The fourth-order valence-corrected chi connectivity index (χ4v) is 12.0. The zero-order valence-corrected chi connectivity index (χ0v) is 46.4. The minimum Gasteiger partial charge on any atom is -0.463 e. The van der Waals surface area contributed by atoms with Gasteiger partial charge in [-0.3, -0.25) is 4.79 Å². The van der Waals surface area contributed by atoms with E-state index in [2.05, 4.69) is 184 Å². The molecule has 6 nitrogen and oxygen atoms in total. The van der Waals surface area contributed by atoms with Gasteiger partial charge in [-0.2, -0.15) is 9.59 Å². The zero-order valence-electron chi connectivity index (χ0n) is 46.4. The van der Waals surface area contributed by atoms with Gasteiger partial charge in [0.05, 0.1) is 11.2 Å². The molecular weight excluding hydrogens is 925 g/mol. The van der Waals surface area contributed by atoms with E-state index >= 15 is 0 Å². The van der Waals surface area contributed by atoms with Gasteiger partial charge < -0.3 is 14.9 Å². The van der Waals surface area contributed by atoms with Gasteiger partial charge in [-0.05, 0) is 174 Å². The maximum atomic E-state index is 10.7. The first-order chi connectivity index (χ1) is 36.1. The van der Waals surface area contributed by atoms with Crippen molar-refractivity contribution in [2.75, 3.05) is 0 Å². The molecule has 75 heavy (non-hydrogen) atoms. The average Bonchev–Trinajstić information content (AvgIpc) is 4.07. The molecule has 0 heterocycles. The van der Waals surface area contributed by atoms with Crippen molar-refractivity contribution in [2.45, 2.75) is 174 Å². The highest BCUT2D eigenvalue weighted by Gasteiger charge is 2.34. The predicted molar refractivity (Wildman–Crippen MR) is 308 cm³/mol. The molecule has 2 aliphatic carbocycles. The van der Waals surface area contributed by atoms with E-state index in [1.807, 2.05) is 24.3 Å². The van der Waals surface area contributed by atoms with Gasteiger partial charge >= 0.3 is 6.15 Å². The SMILES string of the molecule is CCC(CC)(c1ccc(/C=C/C2(O)CCCC2)c(C)c1)c1ccc(-c2ccc(COC=O)cc2)c(C)c1.CCc1ccc(-c2ccc(C(CC)(CC)c3ccc(/C=C/C4(O)CCCC4)c(C)c3)cc2C)cc1.O=C=O. The quantitative estimate of drug-likeness (QED) is 0.0832. The molecule has 0 atom stereocenters. The van der Waals surface area contributed by atoms with Crippen LogP contribution in [-0.2, 0) is 43.0 Å². The van der Waals surface area contributed by atoms with Crippen LogP contribution in [0.2, 0.25) is 0 Å². The molecule has 0 aliphatic heterocycles. The number of aliphatic hydroxyl groups is 2. The summed E-state index contributed by atoms with van der Waals surface area (Å²) in [5.41, 5.74) is 19.0. The van der Waals surface area contributed by atoms with Crippen LogP contribution in [0.25, 0.3) is 34.4 Å². The van der Waals surface area contributed by atoms with Crippen LogP contribution in [-0.4, -0.2) is 34.0 Å². The Balaban J connectivity index is 0.000000232. The Morgan fingerprint density at radius 3 is 1.13 bits per heavy atom. The van der Waals surface area contributed by atoms with E-state index in [1.54, 1.807) is 0 Å². The normalized spacial score (nSPS) is 15.0. The molecule has 0 aromatic heterocycles. The molecule has 8 rings (SSSR count). The van der Waals surface area contributed by atoms with Crippen molar-refractivity contribution in [3.63, 3.8) is 0 Å². The molecule has 6 aromatic rings. The Morgan fingerprint density at radius 1 is 0.493 bits per heavy atom. The molecule has 6 aromatic carbocycles. The van der Waals surface area contributed by atoms with E-state index < -0.39 is 11.2 Å². The third-order valence-corrected chi connectivity index (χ3v) is 17.0.